The van der Waals surface area contributed by atoms with Crippen LogP contribution in [0, 0.1) is 0 Å². The summed E-state index contributed by atoms with van der Waals surface area (Å²) in [6.45, 7) is 1.03. The number of nitrogens with one attached hydrogen (secondary N) is 2. The maximum atomic E-state index is 4.03. The average molecular weight is 320 g/mol. The lowest BCUT2D eigenvalue weighted by Gasteiger charge is -2.36. The Labute approximate surface area is 122 Å². The third-order valence-corrected chi connectivity index (χ3v) is 4.39. The largest absolute Gasteiger partial charge is 0.348 e. The molecule has 4 heteroatoms. The van der Waals surface area contributed by atoms with E-state index in [4.69, 9.17) is 0 Å². The van der Waals surface area contributed by atoms with Gasteiger partial charge in [-0.2, -0.15) is 0 Å². The van der Waals surface area contributed by atoms with Gasteiger partial charge in [0.05, 0.1) is 6.33 Å². The Kier molecular flexibility index (Phi) is 3.99. The van der Waals surface area contributed by atoms with Crippen LogP contribution in [-0.2, 0) is 6.42 Å². The van der Waals surface area contributed by atoms with Crippen molar-refractivity contribution in [2.24, 2.45) is 0 Å². The lowest BCUT2D eigenvalue weighted by molar-refractivity contribution is 0.292. The van der Waals surface area contributed by atoms with Gasteiger partial charge < -0.3 is 10.3 Å². The molecule has 2 aromatic rings. The van der Waals surface area contributed by atoms with Gasteiger partial charge in [-0.3, -0.25) is 0 Å². The van der Waals surface area contributed by atoms with Crippen molar-refractivity contribution in [2.45, 2.75) is 31.2 Å². The molecule has 0 saturated heterocycles. The van der Waals surface area contributed by atoms with Gasteiger partial charge in [-0.25, -0.2) is 4.98 Å². The number of benzene rings is 1. The van der Waals surface area contributed by atoms with Gasteiger partial charge in [0.25, 0.3) is 0 Å². The summed E-state index contributed by atoms with van der Waals surface area (Å²) in [5.74, 6) is 0.734. The summed E-state index contributed by atoms with van der Waals surface area (Å²) in [4.78, 5) is 7.16. The molecule has 100 valence electrons. The van der Waals surface area contributed by atoms with E-state index in [0.29, 0.717) is 6.04 Å². The number of aromatic nitrogens is 2. The van der Waals surface area contributed by atoms with Crippen molar-refractivity contribution >= 4 is 15.9 Å². The predicted molar refractivity (Wildman–Crippen MR) is 80.2 cm³/mol. The van der Waals surface area contributed by atoms with Crippen LogP contribution in [0.4, 0.5) is 0 Å². The van der Waals surface area contributed by atoms with Crippen LogP contribution >= 0.6 is 15.9 Å². The predicted octanol–water partition coefficient (Wildman–Crippen LogP) is 3.25. The first-order valence-electron chi connectivity index (χ1n) is 6.77. The van der Waals surface area contributed by atoms with Crippen LogP contribution in [0.1, 0.15) is 30.0 Å². The first kappa shape index (κ1) is 12.9. The van der Waals surface area contributed by atoms with E-state index in [1.807, 2.05) is 6.20 Å². The topological polar surface area (TPSA) is 40.7 Å². The zero-order valence-electron chi connectivity index (χ0n) is 10.8. The quantitative estimate of drug-likeness (QED) is 0.888. The van der Waals surface area contributed by atoms with E-state index in [2.05, 4.69) is 55.5 Å². The standard InChI is InChI=1S/C15H18BrN3/c16-13-3-1-11(2-4-13)12-7-15(8-12)18-6-5-14-9-17-10-19-14/h1-4,9-10,12,15,18H,5-8H2,(H,17,19). The first-order chi connectivity index (χ1) is 9.31. The minimum atomic E-state index is 0.677. The summed E-state index contributed by atoms with van der Waals surface area (Å²) in [5.41, 5.74) is 2.67. The molecule has 0 radical (unpaired) electrons. The van der Waals surface area contributed by atoms with Gasteiger partial charge in [0.1, 0.15) is 0 Å². The molecule has 0 bridgehead atoms. The molecule has 1 fully saturated rings. The average Bonchev–Trinajstić information content (AvgIpc) is 2.87. The van der Waals surface area contributed by atoms with Gasteiger partial charge in [0.2, 0.25) is 0 Å². The van der Waals surface area contributed by atoms with Gasteiger partial charge in [-0.1, -0.05) is 28.1 Å². The fraction of sp³-hybridized carbons (Fsp3) is 0.400. The summed E-state index contributed by atoms with van der Waals surface area (Å²) in [6, 6.07) is 9.41. The fourth-order valence-corrected chi connectivity index (χ4v) is 2.89. The monoisotopic (exact) mass is 319 g/mol. The Hall–Kier alpha value is -1.13. The Morgan fingerprint density at radius 3 is 2.74 bits per heavy atom. The van der Waals surface area contributed by atoms with E-state index in [9.17, 15) is 0 Å². The van der Waals surface area contributed by atoms with Crippen LogP contribution in [0.5, 0.6) is 0 Å². The molecule has 0 unspecified atom stereocenters. The van der Waals surface area contributed by atoms with Crippen LogP contribution in [0.3, 0.4) is 0 Å². The molecule has 1 aromatic carbocycles. The van der Waals surface area contributed by atoms with Crippen molar-refractivity contribution in [2.75, 3.05) is 6.54 Å². The molecule has 3 nitrogen and oxygen atoms in total. The van der Waals surface area contributed by atoms with Crippen molar-refractivity contribution in [3.63, 3.8) is 0 Å². The molecule has 19 heavy (non-hydrogen) atoms. The molecule has 0 spiro atoms. The highest BCUT2D eigenvalue weighted by Crippen LogP contribution is 2.37. The molecule has 3 rings (SSSR count). The van der Waals surface area contributed by atoms with Crippen LogP contribution in [-0.4, -0.2) is 22.6 Å². The van der Waals surface area contributed by atoms with Gasteiger partial charge in [0.15, 0.2) is 0 Å². The summed E-state index contributed by atoms with van der Waals surface area (Å²) >= 11 is 3.48. The molecular weight excluding hydrogens is 302 g/mol. The minimum absolute atomic E-state index is 0.677. The number of halogens is 1. The Bertz CT molecular complexity index is 501. The zero-order valence-corrected chi connectivity index (χ0v) is 12.4. The molecule has 0 aliphatic heterocycles. The first-order valence-corrected chi connectivity index (χ1v) is 7.56. The lowest BCUT2D eigenvalue weighted by atomic mass is 9.76. The number of aromatic amines is 1. The molecule has 0 amide bonds. The Balaban J connectivity index is 1.39. The normalized spacial score (nSPS) is 22.2. The second-order valence-corrected chi connectivity index (χ2v) is 6.11. The summed E-state index contributed by atoms with van der Waals surface area (Å²) in [5, 5.41) is 3.61. The summed E-state index contributed by atoms with van der Waals surface area (Å²) in [6.07, 6.45) is 7.17. The van der Waals surface area contributed by atoms with Crippen LogP contribution < -0.4 is 5.32 Å². The van der Waals surface area contributed by atoms with Gasteiger partial charge in [-0.15, -0.1) is 0 Å². The smallest absolute Gasteiger partial charge is 0.0921 e. The van der Waals surface area contributed by atoms with Crippen molar-refractivity contribution in [1.82, 2.24) is 15.3 Å². The maximum Gasteiger partial charge on any atom is 0.0921 e. The molecule has 1 aliphatic carbocycles. The maximum absolute atomic E-state index is 4.03. The highest BCUT2D eigenvalue weighted by molar-refractivity contribution is 9.10. The Morgan fingerprint density at radius 2 is 2.05 bits per heavy atom. The second-order valence-electron chi connectivity index (χ2n) is 5.20. The van der Waals surface area contributed by atoms with Crippen LogP contribution in [0.25, 0.3) is 0 Å². The SMILES string of the molecule is Brc1ccc(C2CC(NCCc3cnc[nH]3)C2)cc1. The third kappa shape index (κ3) is 3.25. The van der Waals surface area contributed by atoms with Gasteiger partial charge in [0, 0.05) is 35.4 Å². The molecule has 2 N–H and O–H groups in total. The van der Waals surface area contributed by atoms with Crippen molar-refractivity contribution < 1.29 is 0 Å². The summed E-state index contributed by atoms with van der Waals surface area (Å²) < 4.78 is 1.16. The Morgan fingerprint density at radius 1 is 1.26 bits per heavy atom. The highest BCUT2D eigenvalue weighted by Gasteiger charge is 2.29. The number of imidazole rings is 1. The van der Waals surface area contributed by atoms with Gasteiger partial charge in [-0.05, 0) is 36.5 Å². The second kappa shape index (κ2) is 5.88. The number of nitrogens with zero attached hydrogens (tertiary/aromatic N) is 1. The van der Waals surface area contributed by atoms with Crippen LogP contribution in [0.15, 0.2) is 41.3 Å². The zero-order chi connectivity index (χ0) is 13.1. The van der Waals surface area contributed by atoms with Crippen LogP contribution in [0.2, 0.25) is 0 Å². The van der Waals surface area contributed by atoms with Crippen molar-refractivity contribution in [3.05, 3.63) is 52.5 Å². The van der Waals surface area contributed by atoms with E-state index >= 15 is 0 Å². The lowest BCUT2D eigenvalue weighted by Crippen LogP contribution is -2.40. The van der Waals surface area contributed by atoms with E-state index in [1.54, 1.807) is 6.33 Å². The molecular formula is C15H18BrN3. The molecule has 1 aromatic heterocycles. The summed E-state index contributed by atoms with van der Waals surface area (Å²) in [7, 11) is 0. The molecule has 1 heterocycles. The van der Waals surface area contributed by atoms with E-state index in [-0.39, 0.29) is 0 Å². The van der Waals surface area contributed by atoms with E-state index < -0.39 is 0 Å². The highest BCUT2D eigenvalue weighted by atomic mass is 79.9. The van der Waals surface area contributed by atoms with E-state index in [1.165, 1.54) is 24.1 Å². The molecule has 1 saturated carbocycles. The van der Waals surface area contributed by atoms with Gasteiger partial charge >= 0.3 is 0 Å². The number of hydrogen-bond acceptors (Lipinski definition) is 2. The molecule has 1 aliphatic rings. The molecule has 0 atom stereocenters. The fourth-order valence-electron chi connectivity index (χ4n) is 2.62. The van der Waals surface area contributed by atoms with Crippen molar-refractivity contribution in [1.29, 1.82) is 0 Å². The third-order valence-electron chi connectivity index (χ3n) is 3.86. The van der Waals surface area contributed by atoms with Crippen molar-refractivity contribution in [3.8, 4) is 0 Å². The minimum Gasteiger partial charge on any atom is -0.348 e. The number of rotatable bonds is 5. The number of hydrogen-bond donors (Lipinski definition) is 2. The number of H-pyrrole nitrogens is 1. The van der Waals surface area contributed by atoms with E-state index in [0.717, 1.165) is 23.4 Å².